The summed E-state index contributed by atoms with van der Waals surface area (Å²) < 4.78 is 22.5. The van der Waals surface area contributed by atoms with Gasteiger partial charge in [-0.3, -0.25) is 0 Å². The van der Waals surface area contributed by atoms with Crippen molar-refractivity contribution in [2.75, 3.05) is 70.8 Å². The molecule has 2 saturated carbocycles. The van der Waals surface area contributed by atoms with E-state index in [1.807, 2.05) is 0 Å². The second-order valence-electron chi connectivity index (χ2n) is 9.17. The second kappa shape index (κ2) is 16.4. The molecule has 0 aromatic heterocycles. The topological polar surface area (TPSA) is 64.0 Å². The molecule has 6 nitrogen and oxygen atoms in total. The van der Waals surface area contributed by atoms with Crippen LogP contribution in [0.3, 0.4) is 0 Å². The van der Waals surface area contributed by atoms with Crippen molar-refractivity contribution in [3.63, 3.8) is 0 Å². The summed E-state index contributed by atoms with van der Waals surface area (Å²) in [5, 5.41) is 8.47. The van der Waals surface area contributed by atoms with E-state index in [1.165, 1.54) is 41.5 Å². The monoisotopic (exact) mass is 534 g/mol. The van der Waals surface area contributed by atoms with Crippen molar-refractivity contribution in [2.45, 2.75) is 19.3 Å². The van der Waals surface area contributed by atoms with Crippen molar-refractivity contribution in [3.8, 4) is 5.40 Å². The van der Waals surface area contributed by atoms with Gasteiger partial charge in [-0.2, -0.15) is 0 Å². The van der Waals surface area contributed by atoms with Gasteiger partial charge in [-0.15, -0.1) is 0 Å². The predicted molar refractivity (Wildman–Crippen MR) is 140 cm³/mol. The zero-order chi connectivity index (χ0) is 24.3. The number of hydrogen-bond acceptors (Lipinski definition) is 7. The van der Waals surface area contributed by atoms with Gasteiger partial charge in [0.2, 0.25) is 0 Å². The largest absolute Gasteiger partial charge is 1.00 e. The average molecular weight is 535 g/mol. The molecule has 36 heavy (non-hydrogen) atoms. The van der Waals surface area contributed by atoms with E-state index < -0.39 is 0 Å². The van der Waals surface area contributed by atoms with E-state index in [-0.39, 0.29) is 51.4 Å². The van der Waals surface area contributed by atoms with E-state index in [1.54, 1.807) is 11.1 Å². The number of allylic oxidation sites excluding steroid dienone is 5. The molecule has 1 aromatic rings. The quantitative estimate of drug-likeness (QED) is 0.322. The number of thiocyanates is 1. The van der Waals surface area contributed by atoms with Crippen LogP contribution in [0, 0.1) is 22.5 Å². The fourth-order valence-electron chi connectivity index (χ4n) is 5.36. The Kier molecular flexibility index (Phi) is 13.7. The molecule has 8 heteroatoms. The number of rotatable bonds is 2. The Hall–Kier alpha value is -0.574. The Morgan fingerprint density at radius 1 is 0.778 bits per heavy atom. The van der Waals surface area contributed by atoms with Crippen LogP contribution < -0.4 is 56.3 Å². The molecule has 3 fully saturated rings. The number of anilines is 1. The summed E-state index contributed by atoms with van der Waals surface area (Å²) in [5.74, 6) is 1.66. The van der Waals surface area contributed by atoms with Gasteiger partial charge in [-0.1, -0.05) is 29.7 Å². The molecule has 0 radical (unpaired) electrons. The van der Waals surface area contributed by atoms with Crippen LogP contribution in [0.15, 0.2) is 53.1 Å². The number of hydrogen-bond donors (Lipinski definition) is 0. The zero-order valence-electron chi connectivity index (χ0n) is 21.3. The summed E-state index contributed by atoms with van der Waals surface area (Å²) in [6.07, 6.45) is 11.3. The molecule has 3 aliphatic carbocycles. The van der Waals surface area contributed by atoms with Crippen LogP contribution in [0.1, 0.15) is 24.8 Å². The van der Waals surface area contributed by atoms with Crippen LogP contribution in [0.25, 0.3) is 6.08 Å². The summed E-state index contributed by atoms with van der Waals surface area (Å²) in [6, 6.07) is 8.88. The molecule has 1 aliphatic heterocycles. The average Bonchev–Trinajstić information content (AvgIpc) is 3.57. The van der Waals surface area contributed by atoms with Gasteiger partial charge in [0, 0.05) is 18.8 Å². The summed E-state index contributed by atoms with van der Waals surface area (Å²) in [7, 11) is 0. The van der Waals surface area contributed by atoms with Gasteiger partial charge in [0.15, 0.2) is 0 Å². The molecule has 2 unspecified atom stereocenters. The van der Waals surface area contributed by atoms with Gasteiger partial charge in [-0.05, 0) is 71.6 Å². The van der Waals surface area contributed by atoms with Gasteiger partial charge in [0.25, 0.3) is 0 Å². The Morgan fingerprint density at radius 2 is 1.22 bits per heavy atom. The molecule has 0 N–H and O–H groups in total. The molecule has 1 aromatic carbocycles. The van der Waals surface area contributed by atoms with E-state index in [0.29, 0.717) is 52.9 Å². The van der Waals surface area contributed by atoms with Crippen LogP contribution in [0.4, 0.5) is 5.69 Å². The van der Waals surface area contributed by atoms with Gasteiger partial charge < -0.3 is 36.5 Å². The number of benzene rings is 1. The maximum Gasteiger partial charge on any atom is 1.00 e. The third-order valence-electron chi connectivity index (χ3n) is 7.01. The molecule has 5 rings (SSSR count). The smallest absolute Gasteiger partial charge is 0.696 e. The minimum atomic E-state index is 0. The molecule has 0 spiro atoms. The number of nitrogens with zero attached hydrogens (tertiary/aromatic N) is 2. The van der Waals surface area contributed by atoms with Crippen molar-refractivity contribution in [3.05, 3.63) is 58.7 Å². The Balaban J connectivity index is 0.000000861. The number of nitriles is 1. The van der Waals surface area contributed by atoms with Gasteiger partial charge in [0.1, 0.15) is 0 Å². The van der Waals surface area contributed by atoms with E-state index >= 15 is 0 Å². The first kappa shape index (κ1) is 30.0. The van der Waals surface area contributed by atoms with Gasteiger partial charge in [-0.25, -0.2) is 5.26 Å². The third kappa shape index (κ3) is 8.74. The van der Waals surface area contributed by atoms with Crippen LogP contribution in [-0.2, 0) is 31.6 Å². The molecule has 1 heterocycles. The minimum Gasteiger partial charge on any atom is -0.696 e. The normalized spacial score (nSPS) is 24.5. The molecule has 1 saturated heterocycles. The molecule has 0 amide bonds. The number of fused-ring (bicyclic) bond motifs is 5. The molecule has 4 aliphatic rings. The maximum absolute atomic E-state index is 7.13. The summed E-state index contributed by atoms with van der Waals surface area (Å²) in [4.78, 5) is 2.33. The van der Waals surface area contributed by atoms with Crippen molar-refractivity contribution in [1.29, 1.82) is 5.26 Å². The fourth-order valence-corrected chi connectivity index (χ4v) is 5.36. The molecular formula is C28H35KN2O4S. The first-order valence-corrected chi connectivity index (χ1v) is 13.0. The molecular weight excluding hydrogens is 499 g/mol. The zero-order valence-corrected chi connectivity index (χ0v) is 25.3. The van der Waals surface area contributed by atoms with Crippen LogP contribution in [0.2, 0.25) is 0 Å². The third-order valence-corrected chi connectivity index (χ3v) is 7.01. The summed E-state index contributed by atoms with van der Waals surface area (Å²) in [5.41, 5.74) is 7.07. The van der Waals surface area contributed by atoms with Crippen molar-refractivity contribution >= 4 is 24.4 Å². The van der Waals surface area contributed by atoms with Crippen LogP contribution in [-0.4, -0.2) is 65.9 Å². The summed E-state index contributed by atoms with van der Waals surface area (Å²) >= 11 is 3.70. The second-order valence-corrected chi connectivity index (χ2v) is 9.35. The minimum absolute atomic E-state index is 0. The Labute approximate surface area is 263 Å². The van der Waals surface area contributed by atoms with Gasteiger partial charge >= 0.3 is 51.4 Å². The Morgan fingerprint density at radius 3 is 1.69 bits per heavy atom. The van der Waals surface area contributed by atoms with E-state index in [0.717, 1.165) is 24.9 Å². The van der Waals surface area contributed by atoms with Gasteiger partial charge in [0.05, 0.1) is 52.9 Å². The van der Waals surface area contributed by atoms with E-state index in [2.05, 4.69) is 60.0 Å². The summed E-state index contributed by atoms with van der Waals surface area (Å²) in [6.45, 7) is 6.68. The maximum atomic E-state index is 7.13. The predicted octanol–water partition coefficient (Wildman–Crippen LogP) is 1.27. The van der Waals surface area contributed by atoms with E-state index in [9.17, 15) is 0 Å². The first-order chi connectivity index (χ1) is 17.3. The standard InChI is InChI=1S/C27H35NO4.CHNS.K/c1-5-25(28-7-9-29-11-13-31-15-16-32-14-12-30-10-8-28)6-2-21(1)17-22-18-26-23-3-4-24(20-23)27(26)19-22;2-1-3;/h1-2,5-6,17-19,23-24H,3-4,7-16,20H2;3H;/q;;+1/p-1. The fraction of sp³-hybridized carbons (Fsp3) is 0.536. The molecule has 188 valence electrons. The first-order valence-electron chi connectivity index (χ1n) is 12.6. The SMILES string of the molecule is C(=C1C=C2C(=C1)C1CCC2C1)c1ccc(N2CCOCCOCCOCCOCC2)cc1.N#C[S-].[K+]. The van der Waals surface area contributed by atoms with Crippen molar-refractivity contribution < 1.29 is 70.3 Å². The molecule has 2 atom stereocenters. The van der Waals surface area contributed by atoms with E-state index in [4.69, 9.17) is 24.2 Å². The van der Waals surface area contributed by atoms with Crippen LogP contribution in [0.5, 0.6) is 0 Å². The molecule has 2 bridgehead atoms. The Bertz CT molecular complexity index is 913. The van der Waals surface area contributed by atoms with Crippen molar-refractivity contribution in [2.24, 2.45) is 11.8 Å². The van der Waals surface area contributed by atoms with Crippen LogP contribution >= 0.6 is 0 Å². The van der Waals surface area contributed by atoms with Crippen molar-refractivity contribution in [1.82, 2.24) is 0 Å². The number of ether oxygens (including phenoxy) is 4.